The normalized spacial score (nSPS) is 29.4. The molecule has 4 rings (SSSR count). The standard InChI is InChI=1S/C24H36N4O3/c1-18-13-23(2,3)16-24(14-18)21(29)28(22(30)25-24)17-26(4)15-19-5-7-20(8-6-19)27-9-11-31-12-10-27/h5-8,18H,9-17H2,1-4H3,(H,25,30)/p+1/t18-,24-/m0/s1. The Morgan fingerprint density at radius 3 is 2.45 bits per heavy atom. The summed E-state index contributed by atoms with van der Waals surface area (Å²) in [6.07, 6.45) is 2.54. The Kier molecular flexibility index (Phi) is 6.01. The molecule has 2 saturated heterocycles. The number of nitrogens with zero attached hydrogens (tertiary/aromatic N) is 2. The first-order chi connectivity index (χ1) is 14.7. The molecule has 1 unspecified atom stereocenters. The van der Waals surface area contributed by atoms with Crippen molar-refractivity contribution in [2.75, 3.05) is 44.9 Å². The number of benzene rings is 1. The van der Waals surface area contributed by atoms with Crippen LogP contribution in [0.4, 0.5) is 10.5 Å². The van der Waals surface area contributed by atoms with Crippen LogP contribution in [0.2, 0.25) is 0 Å². The average molecular weight is 430 g/mol. The van der Waals surface area contributed by atoms with Gasteiger partial charge in [-0.25, -0.2) is 9.69 Å². The van der Waals surface area contributed by atoms with Gasteiger partial charge in [0.2, 0.25) is 0 Å². The Balaban J connectivity index is 1.37. The number of amides is 3. The predicted octanol–water partition coefficient (Wildman–Crippen LogP) is 1.63. The lowest BCUT2D eigenvalue weighted by molar-refractivity contribution is -0.901. The van der Waals surface area contributed by atoms with Crippen molar-refractivity contribution in [3.05, 3.63) is 29.8 Å². The summed E-state index contributed by atoms with van der Waals surface area (Å²) >= 11 is 0. The van der Waals surface area contributed by atoms with Gasteiger partial charge in [0.25, 0.3) is 5.91 Å². The third-order valence-corrected chi connectivity index (χ3v) is 6.87. The SMILES string of the molecule is C[C@H]1CC(C)(C)C[C@]2(C1)NC(=O)N(C[NH+](C)Cc1ccc(N3CCOCC3)cc1)C2=O. The molecular weight excluding hydrogens is 392 g/mol. The fourth-order valence-electron chi connectivity index (χ4n) is 5.97. The minimum Gasteiger partial charge on any atom is -0.378 e. The van der Waals surface area contributed by atoms with Crippen LogP contribution >= 0.6 is 0 Å². The van der Waals surface area contributed by atoms with Crippen LogP contribution in [0.5, 0.6) is 0 Å². The summed E-state index contributed by atoms with van der Waals surface area (Å²) in [4.78, 5) is 31.0. The molecule has 2 heterocycles. The average Bonchev–Trinajstić information content (AvgIpc) is 2.91. The van der Waals surface area contributed by atoms with Gasteiger partial charge in [-0.15, -0.1) is 0 Å². The lowest BCUT2D eigenvalue weighted by Gasteiger charge is -2.43. The van der Waals surface area contributed by atoms with Crippen LogP contribution in [-0.4, -0.2) is 62.4 Å². The van der Waals surface area contributed by atoms with Crippen molar-refractivity contribution in [1.29, 1.82) is 0 Å². The first-order valence-corrected chi connectivity index (χ1v) is 11.5. The van der Waals surface area contributed by atoms with Crippen molar-refractivity contribution < 1.29 is 19.2 Å². The van der Waals surface area contributed by atoms with Crippen molar-refractivity contribution >= 4 is 17.6 Å². The molecule has 7 heteroatoms. The van der Waals surface area contributed by atoms with Crippen molar-refractivity contribution in [2.24, 2.45) is 11.3 Å². The second kappa shape index (κ2) is 8.43. The molecule has 3 amide bonds. The van der Waals surface area contributed by atoms with E-state index in [1.165, 1.54) is 16.2 Å². The van der Waals surface area contributed by atoms with Gasteiger partial charge in [-0.05, 0) is 42.7 Å². The molecule has 170 valence electrons. The number of nitrogens with one attached hydrogen (secondary N) is 2. The van der Waals surface area contributed by atoms with E-state index in [4.69, 9.17) is 4.74 Å². The van der Waals surface area contributed by atoms with Gasteiger partial charge in [0, 0.05) is 24.3 Å². The number of quaternary nitrogens is 1. The molecule has 1 aromatic carbocycles. The van der Waals surface area contributed by atoms with Crippen LogP contribution < -0.4 is 15.1 Å². The zero-order chi connectivity index (χ0) is 22.2. The van der Waals surface area contributed by atoms with Crippen LogP contribution in [-0.2, 0) is 16.1 Å². The topological polar surface area (TPSA) is 66.3 Å². The summed E-state index contributed by atoms with van der Waals surface area (Å²) < 4.78 is 5.43. The molecule has 1 aromatic rings. The smallest absolute Gasteiger partial charge is 0.329 e. The van der Waals surface area contributed by atoms with E-state index in [1.54, 1.807) is 0 Å². The lowest BCUT2D eigenvalue weighted by Crippen LogP contribution is -3.09. The molecule has 2 aliphatic heterocycles. The van der Waals surface area contributed by atoms with Gasteiger partial charge in [0.1, 0.15) is 12.1 Å². The summed E-state index contributed by atoms with van der Waals surface area (Å²) in [5.41, 5.74) is 1.74. The van der Waals surface area contributed by atoms with Gasteiger partial charge in [-0.2, -0.15) is 0 Å². The van der Waals surface area contributed by atoms with Crippen LogP contribution in [0, 0.1) is 11.3 Å². The van der Waals surface area contributed by atoms with Crippen LogP contribution in [0.1, 0.15) is 45.6 Å². The van der Waals surface area contributed by atoms with Crippen molar-refractivity contribution in [3.63, 3.8) is 0 Å². The van der Waals surface area contributed by atoms with E-state index in [2.05, 4.69) is 55.3 Å². The molecule has 3 atom stereocenters. The Morgan fingerprint density at radius 2 is 1.81 bits per heavy atom. The molecule has 2 N–H and O–H groups in total. The molecule has 0 aromatic heterocycles. The number of carbonyl (C=O) groups excluding carboxylic acids is 2. The van der Waals surface area contributed by atoms with Gasteiger partial charge in [0.05, 0.1) is 20.3 Å². The lowest BCUT2D eigenvalue weighted by atomic mass is 9.64. The number of imide groups is 1. The Morgan fingerprint density at radius 1 is 1.13 bits per heavy atom. The molecule has 3 fully saturated rings. The highest BCUT2D eigenvalue weighted by Crippen LogP contribution is 2.46. The van der Waals surface area contributed by atoms with E-state index in [0.29, 0.717) is 19.0 Å². The van der Waals surface area contributed by atoms with E-state index < -0.39 is 5.54 Å². The molecule has 0 bridgehead atoms. The minimum atomic E-state index is -0.724. The van der Waals surface area contributed by atoms with E-state index in [1.807, 2.05) is 7.05 Å². The molecule has 1 spiro atoms. The summed E-state index contributed by atoms with van der Waals surface area (Å²) in [5, 5.41) is 3.08. The fraction of sp³-hybridized carbons (Fsp3) is 0.667. The number of anilines is 1. The molecule has 1 saturated carbocycles. The number of hydrogen-bond donors (Lipinski definition) is 2. The third-order valence-electron chi connectivity index (χ3n) is 6.87. The Hall–Kier alpha value is -2.12. The molecular formula is C24H37N4O3+. The maximum absolute atomic E-state index is 13.3. The van der Waals surface area contributed by atoms with Crippen LogP contribution in [0.25, 0.3) is 0 Å². The number of carbonyl (C=O) groups is 2. The molecule has 7 nitrogen and oxygen atoms in total. The maximum Gasteiger partial charge on any atom is 0.329 e. The van der Waals surface area contributed by atoms with E-state index >= 15 is 0 Å². The quantitative estimate of drug-likeness (QED) is 0.699. The van der Waals surface area contributed by atoms with Gasteiger partial charge in [-0.1, -0.05) is 32.9 Å². The first kappa shape index (κ1) is 22.1. The summed E-state index contributed by atoms with van der Waals surface area (Å²) in [5.74, 6) is 0.377. The molecule has 3 aliphatic rings. The van der Waals surface area contributed by atoms with Gasteiger partial charge in [-0.3, -0.25) is 4.79 Å². The molecule has 0 radical (unpaired) electrons. The van der Waals surface area contributed by atoms with Crippen LogP contribution in [0.3, 0.4) is 0 Å². The monoisotopic (exact) mass is 429 g/mol. The fourth-order valence-corrected chi connectivity index (χ4v) is 5.97. The van der Waals surface area contributed by atoms with Crippen molar-refractivity contribution in [1.82, 2.24) is 10.2 Å². The highest BCUT2D eigenvalue weighted by Gasteiger charge is 2.56. The van der Waals surface area contributed by atoms with E-state index in [9.17, 15) is 9.59 Å². The largest absolute Gasteiger partial charge is 0.378 e. The highest BCUT2D eigenvalue weighted by atomic mass is 16.5. The second-order valence-electron chi connectivity index (χ2n) is 10.7. The summed E-state index contributed by atoms with van der Waals surface area (Å²) in [6, 6.07) is 8.36. The number of ether oxygens (including phenoxy) is 1. The van der Waals surface area contributed by atoms with Gasteiger partial charge >= 0.3 is 6.03 Å². The number of urea groups is 1. The zero-order valence-corrected chi connectivity index (χ0v) is 19.4. The van der Waals surface area contributed by atoms with Crippen molar-refractivity contribution in [2.45, 2.75) is 52.1 Å². The van der Waals surface area contributed by atoms with Crippen LogP contribution in [0.15, 0.2) is 24.3 Å². The number of morpholine rings is 1. The van der Waals surface area contributed by atoms with E-state index in [0.717, 1.165) is 50.6 Å². The Labute approximate surface area is 185 Å². The maximum atomic E-state index is 13.3. The summed E-state index contributed by atoms with van der Waals surface area (Å²) in [7, 11) is 2.04. The Bertz CT molecular complexity index is 819. The van der Waals surface area contributed by atoms with Crippen molar-refractivity contribution in [3.8, 4) is 0 Å². The zero-order valence-electron chi connectivity index (χ0n) is 19.4. The van der Waals surface area contributed by atoms with E-state index in [-0.39, 0.29) is 17.4 Å². The second-order valence-corrected chi connectivity index (χ2v) is 10.7. The molecule has 1 aliphatic carbocycles. The molecule has 31 heavy (non-hydrogen) atoms. The minimum absolute atomic E-state index is 0.0425. The van der Waals surface area contributed by atoms with Gasteiger partial charge in [0.15, 0.2) is 6.67 Å². The third kappa shape index (κ3) is 4.72. The van der Waals surface area contributed by atoms with Gasteiger partial charge < -0.3 is 19.9 Å². The number of rotatable bonds is 5. The first-order valence-electron chi connectivity index (χ1n) is 11.5. The predicted molar refractivity (Wildman–Crippen MR) is 120 cm³/mol. The highest BCUT2D eigenvalue weighted by molar-refractivity contribution is 6.07. The number of hydrogen-bond acceptors (Lipinski definition) is 4. The summed E-state index contributed by atoms with van der Waals surface area (Å²) in [6.45, 7) is 11.1.